The van der Waals surface area contributed by atoms with Gasteiger partial charge in [0.05, 0.1) is 6.61 Å². The molecule has 1 aromatic rings. The molecule has 4 N–H and O–H groups in total. The van der Waals surface area contributed by atoms with E-state index in [4.69, 9.17) is 15.7 Å². The lowest BCUT2D eigenvalue weighted by Crippen LogP contribution is -2.33. The first-order valence-electron chi connectivity index (χ1n) is 5.50. The first-order valence-corrected chi connectivity index (χ1v) is 5.50. The predicted octanol–water partition coefficient (Wildman–Crippen LogP) is -1.62. The van der Waals surface area contributed by atoms with Gasteiger partial charge in [-0.25, -0.2) is 10.7 Å². The number of aliphatic hydroxyl groups excluding tert-OH is 1. The molecule has 2 heterocycles. The first-order chi connectivity index (χ1) is 8.56. The van der Waals surface area contributed by atoms with Gasteiger partial charge < -0.3 is 9.84 Å². The van der Waals surface area contributed by atoms with Crippen molar-refractivity contribution < 1.29 is 14.7 Å². The van der Waals surface area contributed by atoms with Crippen molar-refractivity contribution >= 4 is 0 Å². The lowest BCUT2D eigenvalue weighted by Gasteiger charge is -2.14. The molecule has 1 aliphatic heterocycles. The van der Waals surface area contributed by atoms with E-state index < -0.39 is 29.7 Å². The molecule has 8 nitrogen and oxygen atoms in total. The van der Waals surface area contributed by atoms with Crippen molar-refractivity contribution in [2.75, 3.05) is 6.61 Å². The van der Waals surface area contributed by atoms with Crippen LogP contribution in [0, 0.1) is 6.92 Å². The van der Waals surface area contributed by atoms with E-state index in [9.17, 15) is 9.59 Å². The Morgan fingerprint density at radius 2 is 2.39 bits per heavy atom. The van der Waals surface area contributed by atoms with Crippen LogP contribution in [0.1, 0.15) is 18.2 Å². The number of aryl methyl sites for hydroxylation is 1. The fourth-order valence-electron chi connectivity index (χ4n) is 1.98. The van der Waals surface area contributed by atoms with Crippen LogP contribution in [0.3, 0.4) is 0 Å². The fourth-order valence-corrected chi connectivity index (χ4v) is 1.98. The predicted molar refractivity (Wildman–Crippen MR) is 60.7 cm³/mol. The van der Waals surface area contributed by atoms with Crippen LogP contribution in [-0.2, 0) is 9.57 Å². The molecular weight excluding hydrogens is 242 g/mol. The molecule has 0 saturated carbocycles. The third-order valence-corrected chi connectivity index (χ3v) is 2.99. The van der Waals surface area contributed by atoms with Gasteiger partial charge in [0.2, 0.25) is 0 Å². The van der Waals surface area contributed by atoms with Crippen LogP contribution in [0.5, 0.6) is 0 Å². The monoisotopic (exact) mass is 257 g/mol. The maximum absolute atomic E-state index is 11.7. The summed E-state index contributed by atoms with van der Waals surface area (Å²) in [6, 6.07) is 0. The number of nitrogens with zero attached hydrogens (tertiary/aromatic N) is 1. The molecule has 100 valence electrons. The Labute approximate surface area is 102 Å². The van der Waals surface area contributed by atoms with E-state index in [1.807, 2.05) is 0 Å². The van der Waals surface area contributed by atoms with Crippen LogP contribution in [0.4, 0.5) is 0 Å². The maximum Gasteiger partial charge on any atom is 0.330 e. The van der Waals surface area contributed by atoms with Gasteiger partial charge >= 0.3 is 5.69 Å². The van der Waals surface area contributed by atoms with Crippen molar-refractivity contribution in [1.29, 1.82) is 0 Å². The molecule has 0 unspecified atom stereocenters. The third-order valence-electron chi connectivity index (χ3n) is 2.99. The quantitative estimate of drug-likeness (QED) is 0.560. The van der Waals surface area contributed by atoms with E-state index in [0.717, 1.165) is 0 Å². The summed E-state index contributed by atoms with van der Waals surface area (Å²) >= 11 is 0. The standard InChI is InChI=1S/C10H15N3O5/c1-5-3-13(10(16)12-9(5)15)8-2-6(18-11)7(4-14)17-8/h3,6-8,14H,2,4,11H2,1H3,(H,12,15,16)/t6-,7+,8+/m0/s1. The zero-order valence-corrected chi connectivity index (χ0v) is 9.83. The van der Waals surface area contributed by atoms with Gasteiger partial charge in [0.15, 0.2) is 0 Å². The second-order valence-electron chi connectivity index (χ2n) is 4.20. The number of hydrogen-bond donors (Lipinski definition) is 3. The number of rotatable bonds is 3. The molecule has 8 heteroatoms. The minimum atomic E-state index is -0.612. The van der Waals surface area contributed by atoms with Crippen LogP contribution in [0.2, 0.25) is 0 Å². The van der Waals surface area contributed by atoms with Gasteiger partial charge in [0.1, 0.15) is 18.4 Å². The average Bonchev–Trinajstić information content (AvgIpc) is 2.76. The normalized spacial score (nSPS) is 27.6. The molecule has 0 aliphatic carbocycles. The first kappa shape index (κ1) is 13.0. The zero-order chi connectivity index (χ0) is 13.3. The van der Waals surface area contributed by atoms with Crippen molar-refractivity contribution in [3.63, 3.8) is 0 Å². The van der Waals surface area contributed by atoms with Gasteiger partial charge in [-0.1, -0.05) is 0 Å². The van der Waals surface area contributed by atoms with E-state index in [-0.39, 0.29) is 6.61 Å². The molecule has 1 fully saturated rings. The summed E-state index contributed by atoms with van der Waals surface area (Å²) < 4.78 is 6.72. The summed E-state index contributed by atoms with van der Waals surface area (Å²) in [5.74, 6) is 5.10. The molecule has 1 aromatic heterocycles. The lowest BCUT2D eigenvalue weighted by molar-refractivity contribution is -0.0630. The van der Waals surface area contributed by atoms with E-state index in [1.54, 1.807) is 6.92 Å². The Morgan fingerprint density at radius 3 is 2.94 bits per heavy atom. The number of nitrogens with one attached hydrogen (secondary N) is 1. The van der Waals surface area contributed by atoms with Gasteiger partial charge in [-0.2, -0.15) is 0 Å². The Bertz CT molecular complexity index is 525. The maximum atomic E-state index is 11.7. The van der Waals surface area contributed by atoms with Gasteiger partial charge in [-0.3, -0.25) is 19.2 Å². The smallest absolute Gasteiger partial charge is 0.330 e. The molecule has 18 heavy (non-hydrogen) atoms. The second kappa shape index (κ2) is 5.02. The highest BCUT2D eigenvalue weighted by Gasteiger charge is 2.37. The summed E-state index contributed by atoms with van der Waals surface area (Å²) in [6.45, 7) is 1.33. The second-order valence-corrected chi connectivity index (χ2v) is 4.20. The van der Waals surface area contributed by atoms with Gasteiger partial charge in [-0.05, 0) is 6.92 Å². The third kappa shape index (κ3) is 2.23. The van der Waals surface area contributed by atoms with E-state index in [1.165, 1.54) is 10.8 Å². The summed E-state index contributed by atoms with van der Waals surface area (Å²) in [7, 11) is 0. The molecular formula is C10H15N3O5. The Hall–Kier alpha value is -1.48. The number of aliphatic hydroxyl groups is 1. The molecule has 0 bridgehead atoms. The summed E-state index contributed by atoms with van der Waals surface area (Å²) in [5.41, 5.74) is -0.597. The van der Waals surface area contributed by atoms with Crippen LogP contribution in [0.25, 0.3) is 0 Å². The fraction of sp³-hybridized carbons (Fsp3) is 0.600. The topological polar surface area (TPSA) is 120 Å². The Kier molecular flexibility index (Phi) is 3.62. The molecule has 0 spiro atoms. The molecule has 0 radical (unpaired) electrons. The average molecular weight is 257 g/mol. The number of nitrogens with two attached hydrogens (primary N) is 1. The van der Waals surface area contributed by atoms with E-state index in [0.29, 0.717) is 12.0 Å². The van der Waals surface area contributed by atoms with Gasteiger partial charge in [0, 0.05) is 18.2 Å². The summed E-state index contributed by atoms with van der Waals surface area (Å²) in [4.78, 5) is 29.8. The van der Waals surface area contributed by atoms with Crippen LogP contribution < -0.4 is 17.1 Å². The zero-order valence-electron chi connectivity index (χ0n) is 9.83. The lowest BCUT2D eigenvalue weighted by atomic mass is 10.2. The van der Waals surface area contributed by atoms with Crippen molar-refractivity contribution in [3.8, 4) is 0 Å². The highest BCUT2D eigenvalue weighted by molar-refractivity contribution is 5.02. The van der Waals surface area contributed by atoms with E-state index in [2.05, 4.69) is 9.82 Å². The Morgan fingerprint density at radius 1 is 1.67 bits per heavy atom. The Balaban J connectivity index is 2.31. The molecule has 0 aromatic carbocycles. The number of aromatic nitrogens is 2. The van der Waals surface area contributed by atoms with Crippen molar-refractivity contribution in [1.82, 2.24) is 9.55 Å². The van der Waals surface area contributed by atoms with E-state index >= 15 is 0 Å². The van der Waals surface area contributed by atoms with Crippen molar-refractivity contribution in [2.24, 2.45) is 5.90 Å². The number of aromatic amines is 1. The minimum absolute atomic E-state index is 0.255. The van der Waals surface area contributed by atoms with Gasteiger partial charge in [0.25, 0.3) is 5.56 Å². The highest BCUT2D eigenvalue weighted by Crippen LogP contribution is 2.28. The van der Waals surface area contributed by atoms with Crippen LogP contribution in [0.15, 0.2) is 15.8 Å². The summed E-state index contributed by atoms with van der Waals surface area (Å²) in [6.07, 6.45) is 0.0590. The highest BCUT2D eigenvalue weighted by atomic mass is 16.7. The molecule has 3 atom stereocenters. The van der Waals surface area contributed by atoms with Crippen LogP contribution in [-0.4, -0.2) is 33.5 Å². The molecule has 1 saturated heterocycles. The number of hydrogen-bond acceptors (Lipinski definition) is 6. The molecule has 0 amide bonds. The summed E-state index contributed by atoms with van der Waals surface area (Å²) in [5, 5.41) is 9.09. The SMILES string of the molecule is Cc1cn([C@H]2C[C@H](ON)[C@@H](CO)O2)c(=O)[nH]c1=O. The largest absolute Gasteiger partial charge is 0.394 e. The van der Waals surface area contributed by atoms with Crippen molar-refractivity contribution in [3.05, 3.63) is 32.6 Å². The molecule has 1 aliphatic rings. The molecule has 2 rings (SSSR count). The van der Waals surface area contributed by atoms with Crippen molar-refractivity contribution in [2.45, 2.75) is 31.8 Å². The number of ether oxygens (including phenoxy) is 1. The minimum Gasteiger partial charge on any atom is -0.394 e. The number of H-pyrrole nitrogens is 1. The van der Waals surface area contributed by atoms with Gasteiger partial charge in [-0.15, -0.1) is 0 Å². The van der Waals surface area contributed by atoms with Crippen LogP contribution >= 0.6 is 0 Å².